The van der Waals surface area contributed by atoms with E-state index in [2.05, 4.69) is 15.6 Å². The molecule has 0 fully saturated rings. The molecule has 0 aliphatic heterocycles. The number of nitrogens with one attached hydrogen (secondary N) is 3. The number of nitrogens with zero attached hydrogens (tertiary/aromatic N) is 1. The van der Waals surface area contributed by atoms with Gasteiger partial charge in [-0.05, 0) is 55.2 Å². The Labute approximate surface area is 243 Å². The summed E-state index contributed by atoms with van der Waals surface area (Å²) in [6.45, 7) is 4.04. The topological polar surface area (TPSA) is 170 Å². The van der Waals surface area contributed by atoms with Crippen molar-refractivity contribution in [3.8, 4) is 5.88 Å². The summed E-state index contributed by atoms with van der Waals surface area (Å²) in [5.74, 6) is -1.60. The average molecular weight is 597 g/mol. The predicted octanol–water partition coefficient (Wildman–Crippen LogP) is 2.91. The van der Waals surface area contributed by atoms with E-state index in [1.54, 1.807) is 43.3 Å². The van der Waals surface area contributed by atoms with E-state index in [9.17, 15) is 27.6 Å². The Bertz CT molecular complexity index is 1510. The third kappa shape index (κ3) is 9.70. The van der Waals surface area contributed by atoms with Gasteiger partial charge < -0.3 is 20.1 Å². The van der Waals surface area contributed by atoms with E-state index in [0.717, 1.165) is 23.7 Å². The van der Waals surface area contributed by atoms with Crippen LogP contribution in [0.5, 0.6) is 5.88 Å². The molecular formula is C29H32N4O8S. The number of rotatable bonds is 13. The SMILES string of the molecule is CCCC(=O)NCCc1ccc(S(=O)(=O)NC(=O)c2ccc(OC(=O)NCCOC(=O)c3ccccc3C)nc2)cc1. The van der Waals surface area contributed by atoms with Gasteiger partial charge in [-0.25, -0.2) is 27.7 Å². The van der Waals surface area contributed by atoms with Crippen molar-refractivity contribution < 1.29 is 37.1 Å². The summed E-state index contributed by atoms with van der Waals surface area (Å²) in [4.78, 5) is 51.9. The molecule has 0 radical (unpaired) electrons. The van der Waals surface area contributed by atoms with Crippen molar-refractivity contribution in [3.63, 3.8) is 0 Å². The molecule has 0 bridgehead atoms. The van der Waals surface area contributed by atoms with Gasteiger partial charge in [0.05, 0.1) is 22.6 Å². The summed E-state index contributed by atoms with van der Waals surface area (Å²) in [7, 11) is -4.16. The summed E-state index contributed by atoms with van der Waals surface area (Å²) < 4.78 is 37.4. The number of aryl methyl sites for hydroxylation is 1. The van der Waals surface area contributed by atoms with Crippen LogP contribution < -0.4 is 20.1 Å². The number of ether oxygens (including phenoxy) is 2. The molecule has 1 heterocycles. The predicted molar refractivity (Wildman–Crippen MR) is 152 cm³/mol. The third-order valence-corrected chi connectivity index (χ3v) is 7.19. The van der Waals surface area contributed by atoms with Gasteiger partial charge in [0.2, 0.25) is 11.8 Å². The molecule has 3 rings (SSSR count). The lowest BCUT2D eigenvalue weighted by molar-refractivity contribution is -0.121. The third-order valence-electron chi connectivity index (χ3n) is 5.84. The second-order valence-corrected chi connectivity index (χ2v) is 10.8. The Morgan fingerprint density at radius 2 is 1.64 bits per heavy atom. The van der Waals surface area contributed by atoms with Crippen LogP contribution in [0.25, 0.3) is 0 Å². The molecule has 0 saturated carbocycles. The second kappa shape index (κ2) is 15.3. The molecule has 1 aromatic heterocycles. The molecule has 2 aromatic carbocycles. The van der Waals surface area contributed by atoms with Crippen molar-refractivity contribution in [1.82, 2.24) is 20.3 Å². The summed E-state index contributed by atoms with van der Waals surface area (Å²) in [6.07, 6.45) is 1.94. The molecule has 0 aliphatic rings. The summed E-state index contributed by atoms with van der Waals surface area (Å²) in [6, 6.07) is 15.4. The van der Waals surface area contributed by atoms with Gasteiger partial charge in [-0.15, -0.1) is 0 Å². The Balaban J connectivity index is 1.43. The first-order chi connectivity index (χ1) is 20.1. The van der Waals surface area contributed by atoms with Crippen molar-refractivity contribution >= 4 is 33.9 Å². The van der Waals surface area contributed by atoms with Crippen LogP contribution in [0.4, 0.5) is 4.79 Å². The first kappa shape index (κ1) is 31.7. The van der Waals surface area contributed by atoms with E-state index in [1.807, 2.05) is 11.6 Å². The lowest BCUT2D eigenvalue weighted by atomic mass is 10.1. The Kier molecular flexibility index (Phi) is 11.6. The van der Waals surface area contributed by atoms with Crippen LogP contribution in [0.3, 0.4) is 0 Å². The zero-order valence-electron chi connectivity index (χ0n) is 23.2. The number of carbonyl (C=O) groups excluding carboxylic acids is 4. The molecule has 0 atom stereocenters. The van der Waals surface area contributed by atoms with Crippen molar-refractivity contribution in [2.75, 3.05) is 19.7 Å². The molecule has 3 N–H and O–H groups in total. The second-order valence-electron chi connectivity index (χ2n) is 9.08. The van der Waals surface area contributed by atoms with Crippen LogP contribution in [-0.4, -0.2) is 57.0 Å². The van der Waals surface area contributed by atoms with Crippen molar-refractivity contribution in [3.05, 3.63) is 89.1 Å². The number of hydrogen-bond donors (Lipinski definition) is 3. The maximum atomic E-state index is 12.7. The highest BCUT2D eigenvalue weighted by molar-refractivity contribution is 7.90. The normalized spacial score (nSPS) is 10.8. The summed E-state index contributed by atoms with van der Waals surface area (Å²) in [5, 5.41) is 5.20. The zero-order valence-corrected chi connectivity index (χ0v) is 24.0. The minimum atomic E-state index is -4.16. The first-order valence-electron chi connectivity index (χ1n) is 13.2. The number of aromatic nitrogens is 1. The molecule has 12 nitrogen and oxygen atoms in total. The molecule has 0 unspecified atom stereocenters. The molecule has 0 saturated heterocycles. The van der Waals surface area contributed by atoms with Crippen molar-refractivity contribution in [1.29, 1.82) is 0 Å². The molecule has 0 spiro atoms. The van der Waals surface area contributed by atoms with Gasteiger partial charge in [0.15, 0.2) is 0 Å². The summed E-state index contributed by atoms with van der Waals surface area (Å²) >= 11 is 0. The van der Waals surface area contributed by atoms with Crippen molar-refractivity contribution in [2.24, 2.45) is 0 Å². The number of pyridine rings is 1. The first-order valence-corrected chi connectivity index (χ1v) is 14.6. The lowest BCUT2D eigenvalue weighted by Gasteiger charge is -2.09. The monoisotopic (exact) mass is 596 g/mol. The average Bonchev–Trinajstić information content (AvgIpc) is 2.96. The fourth-order valence-corrected chi connectivity index (χ4v) is 4.59. The minimum absolute atomic E-state index is 0.00863. The quantitative estimate of drug-likeness (QED) is 0.198. The number of carbonyl (C=O) groups is 4. The molecule has 13 heteroatoms. The van der Waals surface area contributed by atoms with E-state index in [-0.39, 0.29) is 35.4 Å². The van der Waals surface area contributed by atoms with Crippen LogP contribution in [0.1, 0.15) is 51.6 Å². The number of sulfonamides is 1. The van der Waals surface area contributed by atoms with Gasteiger partial charge in [-0.3, -0.25) is 9.59 Å². The molecule has 3 amide bonds. The molecule has 0 aliphatic carbocycles. The maximum Gasteiger partial charge on any atom is 0.414 e. The van der Waals surface area contributed by atoms with Crippen LogP contribution in [0, 0.1) is 6.92 Å². The molecule has 3 aromatic rings. The van der Waals surface area contributed by atoms with Gasteiger partial charge in [-0.1, -0.05) is 37.3 Å². The van der Waals surface area contributed by atoms with Gasteiger partial charge >= 0.3 is 12.1 Å². The van der Waals surface area contributed by atoms with Crippen molar-refractivity contribution in [2.45, 2.75) is 38.0 Å². The van der Waals surface area contributed by atoms with Gasteiger partial charge in [0.25, 0.3) is 15.9 Å². The minimum Gasteiger partial charge on any atom is -0.460 e. The standard InChI is InChI=1S/C29H32N4O8S/c1-3-6-25(34)30-16-15-21-9-12-23(13-10-21)42(38,39)33-27(35)22-11-14-26(32-19-22)41-29(37)31-17-18-40-28(36)24-8-5-4-7-20(24)2/h4-5,7-14,19H,3,6,15-18H2,1-2H3,(H,30,34)(H,31,37)(H,33,35). The highest BCUT2D eigenvalue weighted by atomic mass is 32.2. The maximum absolute atomic E-state index is 12.7. The lowest BCUT2D eigenvalue weighted by Crippen LogP contribution is -2.31. The Morgan fingerprint density at radius 3 is 2.31 bits per heavy atom. The van der Waals surface area contributed by atoms with E-state index >= 15 is 0 Å². The molecular weight excluding hydrogens is 564 g/mol. The fourth-order valence-electron chi connectivity index (χ4n) is 3.62. The van der Waals surface area contributed by atoms with E-state index in [1.165, 1.54) is 24.3 Å². The van der Waals surface area contributed by atoms with E-state index in [4.69, 9.17) is 9.47 Å². The number of amides is 3. The Hall–Kier alpha value is -4.78. The Morgan fingerprint density at radius 1 is 0.905 bits per heavy atom. The van der Waals surface area contributed by atoms with E-state index in [0.29, 0.717) is 24.9 Å². The number of esters is 1. The van der Waals surface area contributed by atoms with Gasteiger partial charge in [0.1, 0.15) is 6.61 Å². The van der Waals surface area contributed by atoms with Gasteiger partial charge in [0, 0.05) is 25.2 Å². The number of benzene rings is 2. The van der Waals surface area contributed by atoms with Crippen LogP contribution in [0.15, 0.2) is 71.8 Å². The largest absolute Gasteiger partial charge is 0.460 e. The van der Waals surface area contributed by atoms with Crippen LogP contribution in [-0.2, 0) is 26.0 Å². The molecule has 42 heavy (non-hydrogen) atoms. The zero-order chi connectivity index (χ0) is 30.5. The van der Waals surface area contributed by atoms with Crippen LogP contribution >= 0.6 is 0 Å². The van der Waals surface area contributed by atoms with Crippen LogP contribution in [0.2, 0.25) is 0 Å². The van der Waals surface area contributed by atoms with Gasteiger partial charge in [-0.2, -0.15) is 0 Å². The highest BCUT2D eigenvalue weighted by Crippen LogP contribution is 2.13. The van der Waals surface area contributed by atoms with E-state index < -0.39 is 28.0 Å². The fraction of sp³-hybridized carbons (Fsp3) is 0.276. The summed E-state index contributed by atoms with van der Waals surface area (Å²) in [5.41, 5.74) is 1.95. The molecule has 222 valence electrons. The highest BCUT2D eigenvalue weighted by Gasteiger charge is 2.19. The smallest absolute Gasteiger partial charge is 0.414 e. The number of hydrogen-bond acceptors (Lipinski definition) is 9.